The van der Waals surface area contributed by atoms with Crippen molar-refractivity contribution in [3.63, 3.8) is 0 Å². The number of fused-ring (bicyclic) bond motifs is 1. The third-order valence-corrected chi connectivity index (χ3v) is 4.98. The van der Waals surface area contributed by atoms with Crippen molar-refractivity contribution in [2.45, 2.75) is 32.7 Å². The summed E-state index contributed by atoms with van der Waals surface area (Å²) in [6.45, 7) is 3.25. The Balaban J connectivity index is 1.71. The Labute approximate surface area is 146 Å². The monoisotopic (exact) mass is 341 g/mol. The van der Waals surface area contributed by atoms with Gasteiger partial charge in [-0.15, -0.1) is 0 Å². The van der Waals surface area contributed by atoms with Gasteiger partial charge in [-0.3, -0.25) is 14.4 Å². The van der Waals surface area contributed by atoms with Crippen LogP contribution in [0.4, 0.5) is 0 Å². The van der Waals surface area contributed by atoms with Crippen LogP contribution in [0.2, 0.25) is 0 Å². The molecule has 2 amide bonds. The summed E-state index contributed by atoms with van der Waals surface area (Å²) in [6, 6.07) is 9.58. The largest absolute Gasteiger partial charge is 0.369 e. The first-order valence-electron chi connectivity index (χ1n) is 8.63. The van der Waals surface area contributed by atoms with Gasteiger partial charge in [0.2, 0.25) is 11.8 Å². The first-order chi connectivity index (χ1) is 12.0. The fourth-order valence-corrected chi connectivity index (χ4v) is 3.47. The number of aromatic nitrogens is 1. The van der Waals surface area contributed by atoms with Crippen LogP contribution in [0.3, 0.4) is 0 Å². The number of piperidine rings is 1. The van der Waals surface area contributed by atoms with Crippen molar-refractivity contribution in [1.29, 1.82) is 0 Å². The van der Waals surface area contributed by atoms with Crippen molar-refractivity contribution in [3.8, 4) is 0 Å². The highest BCUT2D eigenvalue weighted by Crippen LogP contribution is 2.18. The maximum absolute atomic E-state index is 12.5. The van der Waals surface area contributed by atoms with E-state index in [0.29, 0.717) is 38.0 Å². The van der Waals surface area contributed by atoms with Crippen LogP contribution >= 0.6 is 0 Å². The number of rotatable bonds is 4. The van der Waals surface area contributed by atoms with Crippen molar-refractivity contribution >= 4 is 22.7 Å². The predicted molar refractivity (Wildman–Crippen MR) is 96.1 cm³/mol. The molecule has 132 valence electrons. The summed E-state index contributed by atoms with van der Waals surface area (Å²) < 4.78 is 1.68. The molecule has 1 aliphatic rings. The molecule has 0 saturated carbocycles. The highest BCUT2D eigenvalue weighted by molar-refractivity contribution is 5.81. The third kappa shape index (κ3) is 3.57. The number of aryl methyl sites for hydroxylation is 2. The van der Waals surface area contributed by atoms with Gasteiger partial charge in [-0.2, -0.15) is 0 Å². The second-order valence-electron chi connectivity index (χ2n) is 6.65. The summed E-state index contributed by atoms with van der Waals surface area (Å²) in [5.41, 5.74) is 6.79. The minimum atomic E-state index is -0.287. The van der Waals surface area contributed by atoms with Gasteiger partial charge in [-0.05, 0) is 37.3 Å². The van der Waals surface area contributed by atoms with Crippen molar-refractivity contribution in [2.24, 2.45) is 11.7 Å². The molecular weight excluding hydrogens is 318 g/mol. The molecule has 2 aromatic rings. The van der Waals surface area contributed by atoms with Gasteiger partial charge in [0.15, 0.2) is 0 Å². The van der Waals surface area contributed by atoms with Crippen molar-refractivity contribution in [3.05, 3.63) is 46.2 Å². The molecule has 1 saturated heterocycles. The summed E-state index contributed by atoms with van der Waals surface area (Å²) >= 11 is 0. The third-order valence-electron chi connectivity index (χ3n) is 4.98. The Morgan fingerprint density at radius 1 is 1.20 bits per heavy atom. The highest BCUT2D eigenvalue weighted by atomic mass is 16.2. The Morgan fingerprint density at radius 3 is 2.56 bits per heavy atom. The van der Waals surface area contributed by atoms with E-state index in [1.807, 2.05) is 30.3 Å². The SMILES string of the molecule is Cc1cc2ccccc2n(CCC(=O)N2CCC(C(N)=O)CC2)c1=O. The first kappa shape index (κ1) is 17.2. The molecule has 0 bridgehead atoms. The van der Waals surface area contributed by atoms with Crippen LogP contribution in [0.15, 0.2) is 35.1 Å². The number of hydrogen-bond donors (Lipinski definition) is 1. The zero-order valence-electron chi connectivity index (χ0n) is 14.4. The number of carbonyl (C=O) groups excluding carboxylic acids is 2. The Hall–Kier alpha value is -2.63. The maximum atomic E-state index is 12.5. The van der Waals surface area contributed by atoms with Crippen LogP contribution in [-0.4, -0.2) is 34.4 Å². The standard InChI is InChI=1S/C19H23N3O3/c1-13-12-15-4-2-3-5-16(15)22(19(13)25)11-8-17(23)21-9-6-14(7-10-21)18(20)24/h2-5,12,14H,6-11H2,1H3,(H2,20,24). The lowest BCUT2D eigenvalue weighted by molar-refractivity contribution is -0.135. The predicted octanol–water partition coefficient (Wildman–Crippen LogP) is 1.42. The molecule has 1 fully saturated rings. The summed E-state index contributed by atoms with van der Waals surface area (Å²) in [6.07, 6.45) is 1.51. The molecule has 3 rings (SSSR count). The van der Waals surface area contributed by atoms with Gasteiger partial charge in [0.25, 0.3) is 5.56 Å². The highest BCUT2D eigenvalue weighted by Gasteiger charge is 2.25. The molecule has 25 heavy (non-hydrogen) atoms. The molecule has 1 aliphatic heterocycles. The zero-order chi connectivity index (χ0) is 18.0. The van der Waals surface area contributed by atoms with Crippen molar-refractivity contribution in [1.82, 2.24) is 9.47 Å². The quantitative estimate of drug-likeness (QED) is 0.913. The van der Waals surface area contributed by atoms with E-state index in [-0.39, 0.29) is 29.7 Å². The number of primary amides is 1. The summed E-state index contributed by atoms with van der Waals surface area (Å²) in [7, 11) is 0. The fourth-order valence-electron chi connectivity index (χ4n) is 3.47. The van der Waals surface area contributed by atoms with Gasteiger partial charge in [0.05, 0.1) is 5.52 Å². The van der Waals surface area contributed by atoms with E-state index in [1.54, 1.807) is 16.4 Å². The lowest BCUT2D eigenvalue weighted by Gasteiger charge is -2.30. The number of nitrogens with two attached hydrogens (primary N) is 1. The second kappa shape index (κ2) is 7.09. The van der Waals surface area contributed by atoms with Gasteiger partial charge < -0.3 is 15.2 Å². The fraction of sp³-hybridized carbons (Fsp3) is 0.421. The number of likely N-dealkylation sites (tertiary alicyclic amines) is 1. The molecule has 0 atom stereocenters. The number of hydrogen-bond acceptors (Lipinski definition) is 3. The van der Waals surface area contributed by atoms with E-state index in [9.17, 15) is 14.4 Å². The average molecular weight is 341 g/mol. The normalized spacial score (nSPS) is 15.5. The Bertz CT molecular complexity index is 864. The molecule has 6 nitrogen and oxygen atoms in total. The van der Waals surface area contributed by atoms with Crippen LogP contribution < -0.4 is 11.3 Å². The van der Waals surface area contributed by atoms with Crippen LogP contribution in [0, 0.1) is 12.8 Å². The number of nitrogens with zero attached hydrogens (tertiary/aromatic N) is 2. The van der Waals surface area contributed by atoms with Gasteiger partial charge in [-0.25, -0.2) is 0 Å². The smallest absolute Gasteiger partial charge is 0.253 e. The van der Waals surface area contributed by atoms with Gasteiger partial charge in [0.1, 0.15) is 0 Å². The molecule has 2 heterocycles. The van der Waals surface area contributed by atoms with Crippen LogP contribution in [0.25, 0.3) is 10.9 Å². The molecule has 0 aliphatic carbocycles. The van der Waals surface area contributed by atoms with E-state index in [2.05, 4.69) is 0 Å². The van der Waals surface area contributed by atoms with E-state index in [4.69, 9.17) is 5.73 Å². The second-order valence-corrected chi connectivity index (χ2v) is 6.65. The van der Waals surface area contributed by atoms with E-state index < -0.39 is 0 Å². The van der Waals surface area contributed by atoms with E-state index in [1.165, 1.54) is 0 Å². The van der Waals surface area contributed by atoms with Gasteiger partial charge in [0, 0.05) is 37.5 Å². The minimum absolute atomic E-state index is 0.0143. The lowest BCUT2D eigenvalue weighted by Crippen LogP contribution is -2.42. The Kier molecular flexibility index (Phi) is 4.88. The molecule has 1 aromatic carbocycles. The number of carbonyl (C=O) groups is 2. The molecular formula is C19H23N3O3. The van der Waals surface area contributed by atoms with E-state index >= 15 is 0 Å². The Morgan fingerprint density at radius 2 is 1.88 bits per heavy atom. The van der Waals surface area contributed by atoms with Gasteiger partial charge in [-0.1, -0.05) is 18.2 Å². The van der Waals surface area contributed by atoms with Gasteiger partial charge >= 0.3 is 0 Å². The summed E-state index contributed by atoms with van der Waals surface area (Å²) in [4.78, 5) is 37.9. The first-order valence-corrected chi connectivity index (χ1v) is 8.63. The van der Waals surface area contributed by atoms with Crippen LogP contribution in [-0.2, 0) is 16.1 Å². The van der Waals surface area contributed by atoms with Crippen molar-refractivity contribution < 1.29 is 9.59 Å². The number of pyridine rings is 1. The number of benzene rings is 1. The number of para-hydroxylation sites is 1. The molecule has 6 heteroatoms. The minimum Gasteiger partial charge on any atom is -0.369 e. The van der Waals surface area contributed by atoms with E-state index in [0.717, 1.165) is 10.9 Å². The number of amides is 2. The maximum Gasteiger partial charge on any atom is 0.253 e. The lowest BCUT2D eigenvalue weighted by atomic mass is 9.96. The summed E-state index contributed by atoms with van der Waals surface area (Å²) in [5, 5.41) is 0.995. The van der Waals surface area contributed by atoms with Crippen LogP contribution in [0.1, 0.15) is 24.8 Å². The van der Waals surface area contributed by atoms with Crippen LogP contribution in [0.5, 0.6) is 0 Å². The molecule has 1 aromatic heterocycles. The molecule has 0 radical (unpaired) electrons. The average Bonchev–Trinajstić information content (AvgIpc) is 2.62. The van der Waals surface area contributed by atoms with Crippen molar-refractivity contribution in [2.75, 3.05) is 13.1 Å². The topological polar surface area (TPSA) is 85.4 Å². The molecule has 0 unspecified atom stereocenters. The summed E-state index contributed by atoms with van der Waals surface area (Å²) in [5.74, 6) is -0.405. The zero-order valence-corrected chi connectivity index (χ0v) is 14.4. The molecule has 0 spiro atoms. The molecule has 2 N–H and O–H groups in total.